The summed E-state index contributed by atoms with van der Waals surface area (Å²) in [6, 6.07) is 37.4. The summed E-state index contributed by atoms with van der Waals surface area (Å²) < 4.78 is 6.54. The molecule has 5 rings (SSSR count). The molecule has 4 aromatic carbocycles. The second-order valence-electron chi connectivity index (χ2n) is 8.30. The number of fused-ring (bicyclic) bond motifs is 1. The van der Waals surface area contributed by atoms with Gasteiger partial charge < -0.3 is 9.64 Å². The van der Waals surface area contributed by atoms with Crippen molar-refractivity contribution in [1.29, 1.82) is 0 Å². The van der Waals surface area contributed by atoms with E-state index in [4.69, 9.17) is 9.73 Å². The van der Waals surface area contributed by atoms with E-state index in [2.05, 4.69) is 96.7 Å². The van der Waals surface area contributed by atoms with Gasteiger partial charge in [-0.1, -0.05) is 60.7 Å². The maximum atomic E-state index is 6.54. The molecule has 4 aromatic rings. The molecule has 0 bridgehead atoms. The number of hydrogen-bond acceptors (Lipinski definition) is 4. The van der Waals surface area contributed by atoms with Crippen molar-refractivity contribution in [3.05, 3.63) is 115 Å². The van der Waals surface area contributed by atoms with Gasteiger partial charge >= 0.3 is 0 Å². The van der Waals surface area contributed by atoms with Crippen LogP contribution in [0.4, 0.5) is 22.7 Å². The number of anilines is 3. The average molecular weight is 434 g/mol. The standard InChI is InChI=1S/C29H27N3O/c1-31(2)23-19-17-22(18-20-23)28-21-29(30-26-15-9-10-16-27(26)33-28)32(24-11-5-3-6-12-24)25-13-7-4-8-14-25/h3-20,28H,21H2,1-2H3. The van der Waals surface area contributed by atoms with E-state index < -0.39 is 0 Å². The molecule has 1 unspecified atom stereocenters. The normalized spacial score (nSPS) is 15.0. The minimum atomic E-state index is -0.154. The van der Waals surface area contributed by atoms with E-state index in [-0.39, 0.29) is 6.10 Å². The fraction of sp³-hybridized carbons (Fsp3) is 0.138. The van der Waals surface area contributed by atoms with Gasteiger partial charge in [-0.2, -0.15) is 0 Å². The Hall–Kier alpha value is -4.05. The van der Waals surface area contributed by atoms with E-state index in [9.17, 15) is 0 Å². The van der Waals surface area contributed by atoms with Crippen LogP contribution >= 0.6 is 0 Å². The Morgan fingerprint density at radius 3 is 1.85 bits per heavy atom. The molecule has 0 saturated heterocycles. The first-order chi connectivity index (χ1) is 16.2. The van der Waals surface area contributed by atoms with Gasteiger partial charge in [-0.25, -0.2) is 4.99 Å². The molecule has 4 nitrogen and oxygen atoms in total. The van der Waals surface area contributed by atoms with Gasteiger partial charge in [0.1, 0.15) is 23.4 Å². The third kappa shape index (κ3) is 4.46. The van der Waals surface area contributed by atoms with E-state index in [1.807, 2.05) is 36.4 Å². The zero-order valence-corrected chi connectivity index (χ0v) is 18.9. The van der Waals surface area contributed by atoms with Crippen molar-refractivity contribution in [2.75, 3.05) is 23.9 Å². The summed E-state index contributed by atoms with van der Waals surface area (Å²) in [5, 5.41) is 0. The molecule has 1 atom stereocenters. The summed E-state index contributed by atoms with van der Waals surface area (Å²) in [6.45, 7) is 0. The minimum absolute atomic E-state index is 0.154. The van der Waals surface area contributed by atoms with Crippen molar-refractivity contribution >= 4 is 28.6 Å². The summed E-state index contributed by atoms with van der Waals surface area (Å²) in [5.41, 5.74) is 5.28. The van der Waals surface area contributed by atoms with Crippen LogP contribution in [0.3, 0.4) is 0 Å². The lowest BCUT2D eigenvalue weighted by Gasteiger charge is -2.28. The number of nitrogens with zero attached hydrogens (tertiary/aromatic N) is 3. The number of aliphatic imine (C=N–C) groups is 1. The van der Waals surface area contributed by atoms with Gasteiger partial charge in [0.15, 0.2) is 0 Å². The highest BCUT2D eigenvalue weighted by atomic mass is 16.5. The van der Waals surface area contributed by atoms with Crippen LogP contribution in [0.5, 0.6) is 5.75 Å². The van der Waals surface area contributed by atoms with Crippen molar-refractivity contribution in [2.24, 2.45) is 4.99 Å². The Bertz CT molecular complexity index is 1200. The Morgan fingerprint density at radius 2 is 1.24 bits per heavy atom. The van der Waals surface area contributed by atoms with Crippen LogP contribution in [0.2, 0.25) is 0 Å². The molecule has 0 radical (unpaired) electrons. The van der Waals surface area contributed by atoms with E-state index in [1.165, 1.54) is 0 Å². The van der Waals surface area contributed by atoms with Gasteiger partial charge in [-0.15, -0.1) is 0 Å². The van der Waals surface area contributed by atoms with Gasteiger partial charge in [0, 0.05) is 37.6 Å². The number of para-hydroxylation sites is 4. The number of amidine groups is 1. The molecule has 164 valence electrons. The molecular weight excluding hydrogens is 406 g/mol. The maximum absolute atomic E-state index is 6.54. The van der Waals surface area contributed by atoms with Crippen molar-refractivity contribution in [1.82, 2.24) is 0 Å². The quantitative estimate of drug-likeness (QED) is 0.342. The molecule has 0 N–H and O–H groups in total. The number of benzene rings is 4. The summed E-state index contributed by atoms with van der Waals surface area (Å²) in [7, 11) is 4.10. The highest BCUT2D eigenvalue weighted by Crippen LogP contribution is 2.39. The largest absolute Gasteiger partial charge is 0.483 e. The first-order valence-electron chi connectivity index (χ1n) is 11.2. The molecule has 0 fully saturated rings. The lowest BCUT2D eigenvalue weighted by Crippen LogP contribution is -2.28. The van der Waals surface area contributed by atoms with Gasteiger partial charge in [-0.3, -0.25) is 4.90 Å². The molecule has 1 aliphatic heterocycles. The third-order valence-corrected chi connectivity index (χ3v) is 5.82. The molecule has 4 heteroatoms. The Labute approximate surface area is 195 Å². The molecule has 0 aliphatic carbocycles. The zero-order chi connectivity index (χ0) is 22.6. The molecule has 0 spiro atoms. The summed E-state index contributed by atoms with van der Waals surface area (Å²) in [5.74, 6) is 1.74. The fourth-order valence-corrected chi connectivity index (χ4v) is 4.11. The summed E-state index contributed by atoms with van der Waals surface area (Å²) >= 11 is 0. The van der Waals surface area contributed by atoms with Crippen LogP contribution in [0.15, 0.2) is 114 Å². The predicted octanol–water partition coefficient (Wildman–Crippen LogP) is 7.14. The maximum Gasteiger partial charge on any atom is 0.145 e. The van der Waals surface area contributed by atoms with Crippen LogP contribution in [-0.4, -0.2) is 19.9 Å². The van der Waals surface area contributed by atoms with Gasteiger partial charge in [0.25, 0.3) is 0 Å². The molecule has 0 saturated carbocycles. The highest BCUT2D eigenvalue weighted by molar-refractivity contribution is 6.06. The first-order valence-corrected chi connectivity index (χ1v) is 11.2. The van der Waals surface area contributed by atoms with E-state index in [0.717, 1.165) is 39.9 Å². The van der Waals surface area contributed by atoms with Crippen molar-refractivity contribution in [3.63, 3.8) is 0 Å². The zero-order valence-electron chi connectivity index (χ0n) is 18.9. The number of rotatable bonds is 4. The monoisotopic (exact) mass is 433 g/mol. The van der Waals surface area contributed by atoms with Crippen molar-refractivity contribution in [3.8, 4) is 5.75 Å². The van der Waals surface area contributed by atoms with E-state index in [0.29, 0.717) is 6.42 Å². The Balaban J connectivity index is 1.61. The van der Waals surface area contributed by atoms with Crippen LogP contribution in [0, 0.1) is 0 Å². The minimum Gasteiger partial charge on any atom is -0.483 e. The highest BCUT2D eigenvalue weighted by Gasteiger charge is 2.26. The molecular formula is C29H27N3O. The van der Waals surface area contributed by atoms with Gasteiger partial charge in [0.2, 0.25) is 0 Å². The van der Waals surface area contributed by atoms with Crippen LogP contribution in [0.1, 0.15) is 18.1 Å². The second-order valence-corrected chi connectivity index (χ2v) is 8.30. The first kappa shape index (κ1) is 20.8. The molecule has 1 heterocycles. The topological polar surface area (TPSA) is 28.1 Å². The molecule has 0 aromatic heterocycles. The predicted molar refractivity (Wildman–Crippen MR) is 137 cm³/mol. The smallest absolute Gasteiger partial charge is 0.145 e. The van der Waals surface area contributed by atoms with Crippen LogP contribution < -0.4 is 14.5 Å². The SMILES string of the molecule is CN(C)c1ccc(C2CC(N(c3ccccc3)c3ccccc3)=Nc3ccccc3O2)cc1. The third-order valence-electron chi connectivity index (χ3n) is 5.82. The van der Waals surface area contributed by atoms with Crippen molar-refractivity contribution in [2.45, 2.75) is 12.5 Å². The van der Waals surface area contributed by atoms with E-state index in [1.54, 1.807) is 0 Å². The average Bonchev–Trinajstić information content (AvgIpc) is 3.05. The Morgan fingerprint density at radius 1 is 0.667 bits per heavy atom. The number of hydrogen-bond donors (Lipinski definition) is 0. The molecule has 0 amide bonds. The second kappa shape index (κ2) is 9.21. The summed E-state index contributed by atoms with van der Waals surface area (Å²) in [4.78, 5) is 9.46. The molecule has 1 aliphatic rings. The lowest BCUT2D eigenvalue weighted by molar-refractivity contribution is 0.217. The van der Waals surface area contributed by atoms with Gasteiger partial charge in [-0.05, 0) is 54.1 Å². The number of ether oxygens (including phenoxy) is 1. The van der Waals surface area contributed by atoms with Crippen LogP contribution in [-0.2, 0) is 0 Å². The molecule has 33 heavy (non-hydrogen) atoms. The van der Waals surface area contributed by atoms with Crippen LogP contribution in [0.25, 0.3) is 0 Å². The summed E-state index contributed by atoms with van der Waals surface area (Å²) in [6.07, 6.45) is 0.485. The van der Waals surface area contributed by atoms with Gasteiger partial charge in [0.05, 0.1) is 0 Å². The lowest BCUT2D eigenvalue weighted by atomic mass is 10.0. The van der Waals surface area contributed by atoms with Crippen molar-refractivity contribution < 1.29 is 4.74 Å². The fourth-order valence-electron chi connectivity index (χ4n) is 4.11. The Kier molecular flexibility index (Phi) is 5.81. The van der Waals surface area contributed by atoms with E-state index >= 15 is 0 Å².